The van der Waals surface area contributed by atoms with Gasteiger partial charge in [-0.3, -0.25) is 4.79 Å². The van der Waals surface area contributed by atoms with Crippen LogP contribution >= 0.6 is 0 Å². The maximum Gasteiger partial charge on any atom is 0.338 e. The van der Waals surface area contributed by atoms with Crippen molar-refractivity contribution in [2.24, 2.45) is 0 Å². The summed E-state index contributed by atoms with van der Waals surface area (Å²) >= 11 is 0. The van der Waals surface area contributed by atoms with E-state index in [1.54, 1.807) is 31.3 Å². The number of benzene rings is 2. The van der Waals surface area contributed by atoms with Crippen molar-refractivity contribution in [2.75, 3.05) is 18.6 Å². The number of unbranched alkanes of at least 4 members (excludes halogenated alkanes) is 3. The van der Waals surface area contributed by atoms with E-state index < -0.39 is 5.97 Å². The zero-order valence-corrected chi connectivity index (χ0v) is 14.9. The van der Waals surface area contributed by atoms with E-state index in [9.17, 15) is 9.59 Å². The summed E-state index contributed by atoms with van der Waals surface area (Å²) in [4.78, 5) is 26.7. The summed E-state index contributed by atoms with van der Waals surface area (Å²) in [5, 5.41) is 0. The fraction of sp³-hybridized carbons (Fsp3) is 0.333. The van der Waals surface area contributed by atoms with E-state index in [0.29, 0.717) is 17.7 Å². The number of carbonyl (C=O) groups excluding carboxylic acids is 2. The van der Waals surface area contributed by atoms with Gasteiger partial charge < -0.3 is 9.64 Å². The molecule has 4 heteroatoms. The molecule has 0 radical (unpaired) electrons. The third-order valence-electron chi connectivity index (χ3n) is 4.06. The van der Waals surface area contributed by atoms with Crippen molar-refractivity contribution in [1.82, 2.24) is 0 Å². The minimum Gasteiger partial charge on any atom is -0.462 e. The third kappa shape index (κ3) is 5.18. The lowest BCUT2D eigenvalue weighted by Crippen LogP contribution is -2.28. The van der Waals surface area contributed by atoms with Gasteiger partial charge in [0.05, 0.1) is 17.7 Å². The molecule has 1 amide bonds. The Hall–Kier alpha value is -2.62. The molecule has 0 fully saturated rings. The number of hydrogen-bond donors (Lipinski definition) is 0. The van der Waals surface area contributed by atoms with Crippen LogP contribution in [0.25, 0.3) is 0 Å². The van der Waals surface area contributed by atoms with Crippen LogP contribution < -0.4 is 4.90 Å². The van der Waals surface area contributed by atoms with Crippen molar-refractivity contribution in [3.05, 3.63) is 65.7 Å². The number of anilines is 1. The first-order valence-corrected chi connectivity index (χ1v) is 8.74. The average Bonchev–Trinajstić information content (AvgIpc) is 2.67. The fourth-order valence-corrected chi connectivity index (χ4v) is 2.57. The Balaban J connectivity index is 2.09. The summed E-state index contributed by atoms with van der Waals surface area (Å²) in [6.45, 7) is 2.52. The first-order valence-electron chi connectivity index (χ1n) is 8.74. The monoisotopic (exact) mass is 339 g/mol. The number of ether oxygens (including phenoxy) is 1. The van der Waals surface area contributed by atoms with Crippen molar-refractivity contribution < 1.29 is 14.3 Å². The van der Waals surface area contributed by atoms with Crippen LogP contribution in [-0.2, 0) is 4.74 Å². The molecule has 0 saturated carbocycles. The number of amides is 1. The zero-order valence-electron chi connectivity index (χ0n) is 14.9. The predicted molar refractivity (Wildman–Crippen MR) is 100 cm³/mol. The topological polar surface area (TPSA) is 46.6 Å². The minimum atomic E-state index is -0.443. The normalized spacial score (nSPS) is 10.3. The Morgan fingerprint density at radius 2 is 1.52 bits per heavy atom. The minimum absolute atomic E-state index is 0.232. The number of esters is 1. The lowest BCUT2D eigenvalue weighted by Gasteiger charge is -2.18. The van der Waals surface area contributed by atoms with Gasteiger partial charge in [-0.1, -0.05) is 56.5 Å². The van der Waals surface area contributed by atoms with Gasteiger partial charge in [-0.25, -0.2) is 4.79 Å². The van der Waals surface area contributed by atoms with Gasteiger partial charge in [-0.05, 0) is 30.7 Å². The Morgan fingerprint density at radius 1 is 0.880 bits per heavy atom. The van der Waals surface area contributed by atoms with Crippen LogP contribution in [-0.4, -0.2) is 25.5 Å². The molecule has 2 aromatic carbocycles. The van der Waals surface area contributed by atoms with Gasteiger partial charge in [0.2, 0.25) is 0 Å². The molecule has 0 unspecified atom stereocenters. The average molecular weight is 339 g/mol. The number of para-hydroxylation sites is 1. The summed E-state index contributed by atoms with van der Waals surface area (Å²) in [7, 11) is 1.70. The summed E-state index contributed by atoms with van der Waals surface area (Å²) in [6.07, 6.45) is 4.16. The van der Waals surface area contributed by atoms with E-state index in [-0.39, 0.29) is 5.91 Å². The van der Waals surface area contributed by atoms with Crippen LogP contribution in [0, 0.1) is 0 Å². The van der Waals surface area contributed by atoms with Crippen molar-refractivity contribution in [3.63, 3.8) is 0 Å². The highest BCUT2D eigenvalue weighted by molar-refractivity contribution is 6.11. The van der Waals surface area contributed by atoms with E-state index in [2.05, 4.69) is 6.92 Å². The molecule has 0 N–H and O–H groups in total. The highest BCUT2D eigenvalue weighted by Crippen LogP contribution is 2.18. The molecule has 0 aromatic heterocycles. The quantitative estimate of drug-likeness (QED) is 0.517. The molecular weight excluding hydrogens is 314 g/mol. The van der Waals surface area contributed by atoms with Gasteiger partial charge in [0.15, 0.2) is 0 Å². The number of carbonyl (C=O) groups is 2. The van der Waals surface area contributed by atoms with Gasteiger partial charge in [0.25, 0.3) is 5.91 Å². The molecule has 2 aromatic rings. The Morgan fingerprint density at radius 3 is 2.20 bits per heavy atom. The lowest BCUT2D eigenvalue weighted by atomic mass is 10.1. The van der Waals surface area contributed by atoms with Crippen molar-refractivity contribution in [3.8, 4) is 0 Å². The molecule has 0 aliphatic carbocycles. The lowest BCUT2D eigenvalue weighted by molar-refractivity contribution is 0.0494. The van der Waals surface area contributed by atoms with Gasteiger partial charge in [0.1, 0.15) is 0 Å². The number of hydrogen-bond acceptors (Lipinski definition) is 3. The summed E-state index contributed by atoms with van der Waals surface area (Å²) in [5.41, 5.74) is 1.44. The molecule has 0 aliphatic heterocycles. The summed E-state index contributed by atoms with van der Waals surface area (Å²) < 4.78 is 5.34. The largest absolute Gasteiger partial charge is 0.462 e. The molecule has 4 nitrogen and oxygen atoms in total. The molecular formula is C21H25NO3. The van der Waals surface area contributed by atoms with E-state index in [1.165, 1.54) is 4.90 Å². The first-order chi connectivity index (χ1) is 12.1. The second-order valence-electron chi connectivity index (χ2n) is 5.94. The molecule has 0 aliphatic rings. The van der Waals surface area contributed by atoms with Gasteiger partial charge in [0, 0.05) is 12.7 Å². The fourth-order valence-electron chi connectivity index (χ4n) is 2.57. The molecule has 2 rings (SSSR count). The highest BCUT2D eigenvalue weighted by atomic mass is 16.5. The Bertz CT molecular complexity index is 697. The maximum absolute atomic E-state index is 12.8. The second kappa shape index (κ2) is 9.62. The van der Waals surface area contributed by atoms with Crippen LogP contribution in [0.15, 0.2) is 54.6 Å². The van der Waals surface area contributed by atoms with Crippen molar-refractivity contribution >= 4 is 17.6 Å². The van der Waals surface area contributed by atoms with Gasteiger partial charge >= 0.3 is 5.97 Å². The summed E-state index contributed by atoms with van der Waals surface area (Å²) in [5.74, 6) is -0.674. The number of nitrogens with zero attached hydrogens (tertiary/aromatic N) is 1. The van der Waals surface area contributed by atoms with Crippen LogP contribution in [0.2, 0.25) is 0 Å². The van der Waals surface area contributed by atoms with Crippen molar-refractivity contribution in [1.29, 1.82) is 0 Å². The summed E-state index contributed by atoms with van der Waals surface area (Å²) in [6, 6.07) is 16.1. The van der Waals surface area contributed by atoms with Crippen molar-refractivity contribution in [2.45, 2.75) is 32.6 Å². The smallest absolute Gasteiger partial charge is 0.338 e. The number of rotatable bonds is 8. The van der Waals surface area contributed by atoms with Gasteiger partial charge in [-0.15, -0.1) is 0 Å². The van der Waals surface area contributed by atoms with Crippen LogP contribution in [0.4, 0.5) is 5.69 Å². The SMILES string of the molecule is CCCCCCOC(=O)c1ccccc1C(=O)N(C)c1ccccc1. The maximum atomic E-state index is 12.8. The predicted octanol–water partition coefficient (Wildman–Crippen LogP) is 4.70. The molecule has 132 valence electrons. The van der Waals surface area contributed by atoms with Crippen LogP contribution in [0.1, 0.15) is 53.3 Å². The van der Waals surface area contributed by atoms with Gasteiger partial charge in [-0.2, -0.15) is 0 Å². The zero-order chi connectivity index (χ0) is 18.1. The second-order valence-corrected chi connectivity index (χ2v) is 5.94. The molecule has 0 spiro atoms. The molecule has 0 saturated heterocycles. The molecule has 0 heterocycles. The van der Waals surface area contributed by atoms with E-state index in [4.69, 9.17) is 4.74 Å². The van der Waals surface area contributed by atoms with E-state index in [1.807, 2.05) is 30.3 Å². The standard InChI is InChI=1S/C21H25NO3/c1-3-4-5-11-16-25-21(24)19-15-10-9-14-18(19)20(23)22(2)17-12-7-6-8-13-17/h6-10,12-15H,3-5,11,16H2,1-2H3. The Kier molecular flexibility index (Phi) is 7.20. The highest BCUT2D eigenvalue weighted by Gasteiger charge is 2.21. The molecule has 25 heavy (non-hydrogen) atoms. The van der Waals surface area contributed by atoms with Crippen LogP contribution in [0.3, 0.4) is 0 Å². The van der Waals surface area contributed by atoms with E-state index in [0.717, 1.165) is 31.4 Å². The molecule has 0 bridgehead atoms. The Labute approximate surface area is 149 Å². The first kappa shape index (κ1) is 18.7. The van der Waals surface area contributed by atoms with Crippen LogP contribution in [0.5, 0.6) is 0 Å². The van der Waals surface area contributed by atoms with E-state index >= 15 is 0 Å². The third-order valence-corrected chi connectivity index (χ3v) is 4.06. The molecule has 0 atom stereocenters.